The fourth-order valence-electron chi connectivity index (χ4n) is 2.17. The summed E-state index contributed by atoms with van der Waals surface area (Å²) in [6.45, 7) is 0. The molecular formula is C23H17NS2. The zero-order valence-corrected chi connectivity index (χ0v) is 16.2. The number of rotatable bonds is 2. The van der Waals surface area contributed by atoms with E-state index in [-0.39, 0.29) is 0 Å². The Morgan fingerprint density at radius 2 is 1.04 bits per heavy atom. The Morgan fingerprint density at radius 1 is 0.577 bits per heavy atom. The molecule has 0 aliphatic carbocycles. The maximum atomic E-state index is 4.38. The highest BCUT2D eigenvalue weighted by Crippen LogP contribution is 2.15. The summed E-state index contributed by atoms with van der Waals surface area (Å²) in [6.07, 6.45) is 5.90. The van der Waals surface area contributed by atoms with Crippen LogP contribution in [0.2, 0.25) is 0 Å². The monoisotopic (exact) mass is 371 g/mol. The second-order valence-electron chi connectivity index (χ2n) is 5.39. The molecule has 0 aliphatic rings. The van der Waals surface area contributed by atoms with Gasteiger partial charge in [-0.25, -0.2) is 4.98 Å². The first-order valence-corrected chi connectivity index (χ1v) is 10.5. The molecule has 0 spiro atoms. The SMILES string of the molecule is CSc1ccc(C#Cc2ccc(C#Cc3ccc(SC)cc3)nc2)cc1. The van der Waals surface area contributed by atoms with E-state index in [1.54, 1.807) is 29.7 Å². The number of aromatic nitrogens is 1. The van der Waals surface area contributed by atoms with Gasteiger partial charge in [0.05, 0.1) is 0 Å². The largest absolute Gasteiger partial charge is 0.246 e. The standard InChI is InChI=1S/C23H17NS2/c1-25-22-13-7-18(8-14-22)3-4-20-6-12-21(24-17-20)11-5-19-9-15-23(26-2)16-10-19/h6-10,12-17H,1-2H3. The molecule has 1 nitrogen and oxygen atoms in total. The number of benzene rings is 2. The summed E-state index contributed by atoms with van der Waals surface area (Å²) >= 11 is 3.45. The third-order valence-corrected chi connectivity index (χ3v) is 5.12. The number of hydrogen-bond acceptors (Lipinski definition) is 3. The van der Waals surface area contributed by atoms with Gasteiger partial charge in [-0.1, -0.05) is 17.8 Å². The van der Waals surface area contributed by atoms with Crippen LogP contribution >= 0.6 is 23.5 Å². The smallest absolute Gasteiger partial charge is 0.113 e. The molecule has 2 aromatic carbocycles. The third kappa shape index (κ3) is 5.20. The average Bonchev–Trinajstić information content (AvgIpc) is 2.72. The molecule has 0 amide bonds. The van der Waals surface area contributed by atoms with Crippen LogP contribution in [-0.2, 0) is 0 Å². The van der Waals surface area contributed by atoms with E-state index < -0.39 is 0 Å². The van der Waals surface area contributed by atoms with Crippen molar-refractivity contribution in [2.75, 3.05) is 12.5 Å². The Hall–Kier alpha value is -2.59. The quantitative estimate of drug-likeness (QED) is 0.447. The fourth-order valence-corrected chi connectivity index (χ4v) is 2.99. The van der Waals surface area contributed by atoms with Crippen LogP contribution < -0.4 is 0 Å². The lowest BCUT2D eigenvalue weighted by Crippen LogP contribution is -1.84. The molecule has 0 bridgehead atoms. The van der Waals surface area contributed by atoms with Crippen molar-refractivity contribution in [1.29, 1.82) is 0 Å². The molecule has 3 aromatic rings. The van der Waals surface area contributed by atoms with Crippen LogP contribution in [0.15, 0.2) is 76.7 Å². The van der Waals surface area contributed by atoms with Gasteiger partial charge in [0.1, 0.15) is 5.69 Å². The summed E-state index contributed by atoms with van der Waals surface area (Å²) in [5.74, 6) is 12.5. The highest BCUT2D eigenvalue weighted by molar-refractivity contribution is 7.98. The van der Waals surface area contributed by atoms with Crippen LogP contribution in [-0.4, -0.2) is 17.5 Å². The molecule has 3 rings (SSSR count). The number of pyridine rings is 1. The van der Waals surface area contributed by atoms with Crippen LogP contribution in [0.3, 0.4) is 0 Å². The summed E-state index contributed by atoms with van der Waals surface area (Å²) in [6, 6.07) is 20.3. The predicted octanol–water partition coefficient (Wildman–Crippen LogP) is 5.33. The Balaban J connectivity index is 1.68. The normalized spacial score (nSPS) is 9.62. The van der Waals surface area contributed by atoms with Gasteiger partial charge in [0.15, 0.2) is 0 Å². The van der Waals surface area contributed by atoms with E-state index in [1.165, 1.54) is 9.79 Å². The van der Waals surface area contributed by atoms with Crippen molar-refractivity contribution in [2.24, 2.45) is 0 Å². The maximum Gasteiger partial charge on any atom is 0.113 e. The van der Waals surface area contributed by atoms with E-state index >= 15 is 0 Å². The van der Waals surface area contributed by atoms with E-state index in [1.807, 2.05) is 36.4 Å². The van der Waals surface area contributed by atoms with Gasteiger partial charge in [-0.2, -0.15) is 0 Å². The minimum Gasteiger partial charge on any atom is -0.246 e. The van der Waals surface area contributed by atoms with E-state index in [4.69, 9.17) is 0 Å². The van der Waals surface area contributed by atoms with Crippen molar-refractivity contribution >= 4 is 23.5 Å². The number of nitrogens with zero attached hydrogens (tertiary/aromatic N) is 1. The first-order valence-electron chi connectivity index (χ1n) is 8.05. The molecule has 1 heterocycles. The second-order valence-corrected chi connectivity index (χ2v) is 7.15. The number of hydrogen-bond donors (Lipinski definition) is 0. The lowest BCUT2D eigenvalue weighted by atomic mass is 10.2. The van der Waals surface area contributed by atoms with E-state index in [2.05, 4.69) is 65.4 Å². The van der Waals surface area contributed by atoms with E-state index in [0.29, 0.717) is 0 Å². The van der Waals surface area contributed by atoms with Gasteiger partial charge >= 0.3 is 0 Å². The molecule has 26 heavy (non-hydrogen) atoms. The van der Waals surface area contributed by atoms with Crippen molar-refractivity contribution in [3.63, 3.8) is 0 Å². The van der Waals surface area contributed by atoms with E-state index in [0.717, 1.165) is 22.4 Å². The Morgan fingerprint density at radius 3 is 1.50 bits per heavy atom. The van der Waals surface area contributed by atoms with Crippen LogP contribution in [0, 0.1) is 23.7 Å². The molecule has 0 aliphatic heterocycles. The van der Waals surface area contributed by atoms with Crippen LogP contribution in [0.4, 0.5) is 0 Å². The molecule has 3 heteroatoms. The first-order chi connectivity index (χ1) is 12.8. The summed E-state index contributed by atoms with van der Waals surface area (Å²) in [5, 5.41) is 0. The summed E-state index contributed by atoms with van der Waals surface area (Å²) in [4.78, 5) is 6.86. The van der Waals surface area contributed by atoms with Gasteiger partial charge in [-0.3, -0.25) is 0 Å². The Kier molecular flexibility index (Phi) is 6.45. The Bertz CT molecular complexity index is 897. The van der Waals surface area contributed by atoms with E-state index in [9.17, 15) is 0 Å². The van der Waals surface area contributed by atoms with Crippen molar-refractivity contribution in [1.82, 2.24) is 4.98 Å². The maximum absolute atomic E-state index is 4.38. The minimum atomic E-state index is 0.744. The minimum absolute atomic E-state index is 0.744. The van der Waals surface area contributed by atoms with Gasteiger partial charge in [0.2, 0.25) is 0 Å². The zero-order chi connectivity index (χ0) is 18.2. The second kappa shape index (κ2) is 9.20. The highest BCUT2D eigenvalue weighted by atomic mass is 32.2. The van der Waals surface area contributed by atoms with Crippen LogP contribution in [0.1, 0.15) is 22.4 Å². The molecule has 0 saturated carbocycles. The number of thioether (sulfide) groups is 2. The van der Waals surface area contributed by atoms with Crippen LogP contribution in [0.25, 0.3) is 0 Å². The highest BCUT2D eigenvalue weighted by Gasteiger charge is 1.93. The molecule has 0 fully saturated rings. The summed E-state index contributed by atoms with van der Waals surface area (Å²) in [7, 11) is 0. The Labute approximate surface area is 163 Å². The molecule has 0 N–H and O–H groups in total. The van der Waals surface area contributed by atoms with Gasteiger partial charge in [0, 0.05) is 32.7 Å². The van der Waals surface area contributed by atoms with Gasteiger partial charge < -0.3 is 0 Å². The lowest BCUT2D eigenvalue weighted by Gasteiger charge is -1.95. The van der Waals surface area contributed by atoms with Gasteiger partial charge in [-0.05, 0) is 79.1 Å². The van der Waals surface area contributed by atoms with Gasteiger partial charge in [-0.15, -0.1) is 23.5 Å². The first kappa shape index (κ1) is 18.2. The molecular weight excluding hydrogens is 354 g/mol. The summed E-state index contributed by atoms with van der Waals surface area (Å²) in [5.41, 5.74) is 3.62. The van der Waals surface area contributed by atoms with Crippen molar-refractivity contribution in [2.45, 2.75) is 9.79 Å². The lowest BCUT2D eigenvalue weighted by molar-refractivity contribution is 1.27. The average molecular weight is 372 g/mol. The molecule has 0 atom stereocenters. The summed E-state index contributed by atoms with van der Waals surface area (Å²) < 4.78 is 0. The molecule has 0 saturated heterocycles. The third-order valence-electron chi connectivity index (χ3n) is 3.63. The fraction of sp³-hybridized carbons (Fsp3) is 0.0870. The molecule has 0 radical (unpaired) electrons. The predicted molar refractivity (Wildman–Crippen MR) is 113 cm³/mol. The zero-order valence-electron chi connectivity index (χ0n) is 14.6. The molecule has 1 aromatic heterocycles. The topological polar surface area (TPSA) is 12.9 Å². The van der Waals surface area contributed by atoms with Crippen molar-refractivity contribution in [3.8, 4) is 23.7 Å². The van der Waals surface area contributed by atoms with Crippen LogP contribution in [0.5, 0.6) is 0 Å². The van der Waals surface area contributed by atoms with Crippen molar-refractivity contribution < 1.29 is 0 Å². The van der Waals surface area contributed by atoms with Gasteiger partial charge in [0.25, 0.3) is 0 Å². The van der Waals surface area contributed by atoms with Crippen molar-refractivity contribution in [3.05, 3.63) is 89.2 Å². The molecule has 126 valence electrons. The molecule has 0 unspecified atom stereocenters.